The minimum absolute atomic E-state index is 0.00268. The Labute approximate surface area is 242 Å². The molecule has 1 aliphatic heterocycles. The number of aromatic nitrogens is 1. The van der Waals surface area contributed by atoms with E-state index in [2.05, 4.69) is 10.5 Å². The number of nitrogens with one attached hydrogen (secondary N) is 1. The second kappa shape index (κ2) is 12.9. The second-order valence-corrected chi connectivity index (χ2v) is 13.5. The largest absolute Gasteiger partial charge is 0.488 e. The number of carbonyl (C=O) groups excluding carboxylic acids is 2. The summed E-state index contributed by atoms with van der Waals surface area (Å²) in [4.78, 5) is 28.0. The van der Waals surface area contributed by atoms with Crippen molar-refractivity contribution in [1.29, 1.82) is 0 Å². The number of sulfonamides is 1. The molecule has 12 heteroatoms. The third-order valence-electron chi connectivity index (χ3n) is 8.23. The lowest BCUT2D eigenvalue weighted by Crippen LogP contribution is -2.48. The first-order chi connectivity index (χ1) is 19.4. The number of fused-ring (bicyclic) bond motifs is 1. The van der Waals surface area contributed by atoms with Crippen LogP contribution in [0.3, 0.4) is 0 Å². The van der Waals surface area contributed by atoms with Gasteiger partial charge in [0.15, 0.2) is 5.76 Å². The summed E-state index contributed by atoms with van der Waals surface area (Å²) in [5.74, 6) is 0.150. The Hall–Kier alpha value is -2.96. The molecule has 0 saturated heterocycles. The van der Waals surface area contributed by atoms with E-state index in [4.69, 9.17) is 9.26 Å². The number of likely N-dealkylation sites (N-methyl/N-ethyl adjacent to an activating group) is 1. The normalized spacial score (nSPS) is 21.4. The zero-order chi connectivity index (χ0) is 29.9. The molecule has 0 unspecified atom stereocenters. The lowest BCUT2D eigenvalue weighted by molar-refractivity contribution is -0.134. The van der Waals surface area contributed by atoms with E-state index >= 15 is 0 Å². The molecule has 0 radical (unpaired) electrons. The van der Waals surface area contributed by atoms with Crippen LogP contribution in [0.5, 0.6) is 5.75 Å². The van der Waals surface area contributed by atoms with E-state index in [-0.39, 0.29) is 66.1 Å². The first-order valence-electron chi connectivity index (χ1n) is 14.3. The van der Waals surface area contributed by atoms with Crippen molar-refractivity contribution in [1.82, 2.24) is 14.4 Å². The first kappa shape index (κ1) is 31.0. The average molecular weight is 591 g/mol. The summed E-state index contributed by atoms with van der Waals surface area (Å²) >= 11 is 0. The molecule has 41 heavy (non-hydrogen) atoms. The van der Waals surface area contributed by atoms with Crippen LogP contribution < -0.4 is 10.1 Å². The van der Waals surface area contributed by atoms with E-state index in [1.165, 1.54) is 11.4 Å². The van der Waals surface area contributed by atoms with E-state index in [1.54, 1.807) is 43.9 Å². The SMILES string of the molecule is Cc1noc(C)c1S(=O)(=O)N(C)C[C@H]1Oc2ccc(NC(=O)C3CCCCC3)cc2CC(=O)N([C@H](C)CO)C[C@@H]1C. The number of hydrogen-bond acceptors (Lipinski definition) is 8. The number of amides is 2. The molecule has 1 aliphatic carbocycles. The number of aliphatic hydroxyl groups is 1. The number of ether oxygens (including phenoxy) is 1. The van der Waals surface area contributed by atoms with Crippen molar-refractivity contribution >= 4 is 27.5 Å². The third-order valence-corrected chi connectivity index (χ3v) is 10.3. The first-order valence-corrected chi connectivity index (χ1v) is 15.8. The van der Waals surface area contributed by atoms with Crippen molar-refractivity contribution in [2.45, 2.75) is 83.3 Å². The quantitative estimate of drug-likeness (QED) is 0.477. The third kappa shape index (κ3) is 6.92. The van der Waals surface area contributed by atoms with Gasteiger partial charge in [-0.25, -0.2) is 8.42 Å². The van der Waals surface area contributed by atoms with Crippen molar-refractivity contribution in [3.8, 4) is 5.75 Å². The van der Waals surface area contributed by atoms with Gasteiger partial charge in [0.25, 0.3) is 0 Å². The van der Waals surface area contributed by atoms with Crippen molar-refractivity contribution in [3.05, 3.63) is 35.2 Å². The molecule has 2 aromatic rings. The molecular formula is C29H42N4O7S. The Bertz CT molecular complexity index is 1330. The van der Waals surface area contributed by atoms with E-state index in [0.717, 1.165) is 32.1 Å². The molecule has 1 aromatic heterocycles. The monoisotopic (exact) mass is 590 g/mol. The summed E-state index contributed by atoms with van der Waals surface area (Å²) in [6, 6.07) is 4.80. The summed E-state index contributed by atoms with van der Waals surface area (Å²) in [6.07, 6.45) is 4.37. The average Bonchev–Trinajstić information content (AvgIpc) is 3.31. The number of benzene rings is 1. The van der Waals surface area contributed by atoms with Crippen LogP contribution in [-0.2, 0) is 26.0 Å². The fourth-order valence-electron chi connectivity index (χ4n) is 5.68. The maximum absolute atomic E-state index is 13.5. The van der Waals surface area contributed by atoms with Gasteiger partial charge in [-0.1, -0.05) is 31.3 Å². The number of rotatable bonds is 8. The highest BCUT2D eigenvalue weighted by molar-refractivity contribution is 7.89. The Balaban J connectivity index is 1.64. The van der Waals surface area contributed by atoms with Crippen LogP contribution in [0.15, 0.2) is 27.6 Å². The van der Waals surface area contributed by atoms with Crippen LogP contribution >= 0.6 is 0 Å². The molecule has 1 saturated carbocycles. The topological polar surface area (TPSA) is 142 Å². The van der Waals surface area contributed by atoms with Gasteiger partial charge < -0.3 is 24.6 Å². The molecule has 1 aromatic carbocycles. The highest BCUT2D eigenvalue weighted by Crippen LogP contribution is 2.31. The maximum Gasteiger partial charge on any atom is 0.248 e. The number of hydrogen-bond donors (Lipinski definition) is 2. The van der Waals surface area contributed by atoms with Crippen LogP contribution in [-0.4, -0.2) is 78.6 Å². The summed E-state index contributed by atoms with van der Waals surface area (Å²) < 4.78 is 39.7. The van der Waals surface area contributed by atoms with Gasteiger partial charge in [0.05, 0.1) is 25.6 Å². The van der Waals surface area contributed by atoms with Crippen molar-refractivity contribution < 1.29 is 32.4 Å². The zero-order valence-corrected chi connectivity index (χ0v) is 25.4. The Morgan fingerprint density at radius 1 is 1.24 bits per heavy atom. The van der Waals surface area contributed by atoms with Gasteiger partial charge >= 0.3 is 0 Å². The van der Waals surface area contributed by atoms with Crippen LogP contribution in [0.1, 0.15) is 63.0 Å². The summed E-state index contributed by atoms with van der Waals surface area (Å²) in [7, 11) is -2.45. The lowest BCUT2D eigenvalue weighted by Gasteiger charge is -2.33. The summed E-state index contributed by atoms with van der Waals surface area (Å²) in [6.45, 7) is 6.86. The second-order valence-electron chi connectivity index (χ2n) is 11.5. The predicted molar refractivity (Wildman–Crippen MR) is 153 cm³/mol. The van der Waals surface area contributed by atoms with Crippen LogP contribution in [0.4, 0.5) is 5.69 Å². The Kier molecular flexibility index (Phi) is 9.76. The standard InChI is InChI=1S/C29H42N4O7S/c1-18-15-33(19(2)17-34)27(35)14-23-13-24(30-29(36)22-9-7-6-8-10-22)11-12-25(23)39-26(18)16-32(5)41(37,38)28-20(3)31-40-21(28)4/h11-13,18-19,22,26,34H,6-10,14-17H2,1-5H3,(H,30,36)/t18-,19+,26+/m0/s1. The maximum atomic E-state index is 13.5. The van der Waals surface area contributed by atoms with Crippen LogP contribution in [0, 0.1) is 25.7 Å². The fraction of sp³-hybridized carbons (Fsp3) is 0.621. The van der Waals surface area contributed by atoms with E-state index in [9.17, 15) is 23.1 Å². The summed E-state index contributed by atoms with van der Waals surface area (Å²) in [5.41, 5.74) is 1.45. The molecule has 1 fully saturated rings. The Morgan fingerprint density at radius 2 is 1.95 bits per heavy atom. The minimum Gasteiger partial charge on any atom is -0.488 e. The molecule has 226 valence electrons. The molecule has 0 bridgehead atoms. The summed E-state index contributed by atoms with van der Waals surface area (Å²) in [5, 5.41) is 16.7. The number of anilines is 1. The number of aryl methyl sites for hydroxylation is 2. The fourth-order valence-corrected chi connectivity index (χ4v) is 7.15. The van der Waals surface area contributed by atoms with Crippen LogP contribution in [0.2, 0.25) is 0 Å². The van der Waals surface area contributed by atoms with Gasteiger partial charge in [0.2, 0.25) is 21.8 Å². The van der Waals surface area contributed by atoms with E-state index in [0.29, 0.717) is 17.0 Å². The lowest BCUT2D eigenvalue weighted by atomic mass is 9.88. The van der Waals surface area contributed by atoms with Gasteiger partial charge in [0.1, 0.15) is 22.4 Å². The molecule has 2 aliphatic rings. The molecule has 3 atom stereocenters. The Morgan fingerprint density at radius 3 is 2.59 bits per heavy atom. The molecule has 2 N–H and O–H groups in total. The number of aliphatic hydroxyl groups excluding tert-OH is 1. The smallest absolute Gasteiger partial charge is 0.248 e. The molecular weight excluding hydrogens is 548 g/mol. The molecule has 4 rings (SSSR count). The predicted octanol–water partition coefficient (Wildman–Crippen LogP) is 3.28. The van der Waals surface area contributed by atoms with Gasteiger partial charge in [-0.05, 0) is 51.8 Å². The van der Waals surface area contributed by atoms with Crippen molar-refractivity contribution in [2.24, 2.45) is 11.8 Å². The molecule has 2 amide bonds. The number of nitrogens with zero attached hydrogens (tertiary/aromatic N) is 3. The minimum atomic E-state index is -3.93. The molecule has 2 heterocycles. The van der Waals surface area contributed by atoms with E-state index < -0.39 is 22.2 Å². The van der Waals surface area contributed by atoms with Gasteiger partial charge in [0, 0.05) is 36.7 Å². The van der Waals surface area contributed by atoms with E-state index in [1.807, 2.05) is 6.92 Å². The van der Waals surface area contributed by atoms with Gasteiger partial charge in [-0.2, -0.15) is 4.31 Å². The van der Waals surface area contributed by atoms with Gasteiger partial charge in [-0.15, -0.1) is 0 Å². The zero-order valence-electron chi connectivity index (χ0n) is 24.6. The molecule has 11 nitrogen and oxygen atoms in total. The van der Waals surface area contributed by atoms with Crippen molar-refractivity contribution in [2.75, 3.05) is 32.1 Å². The van der Waals surface area contributed by atoms with Crippen LogP contribution in [0.25, 0.3) is 0 Å². The van der Waals surface area contributed by atoms with Gasteiger partial charge in [-0.3, -0.25) is 9.59 Å². The number of carbonyl (C=O) groups is 2. The molecule has 0 spiro atoms. The van der Waals surface area contributed by atoms with Crippen molar-refractivity contribution in [3.63, 3.8) is 0 Å². The highest BCUT2D eigenvalue weighted by atomic mass is 32.2. The highest BCUT2D eigenvalue weighted by Gasteiger charge is 2.35.